The van der Waals surface area contributed by atoms with E-state index in [1.165, 1.54) is 32.6 Å². The molecule has 2 fully saturated rings. The lowest BCUT2D eigenvalue weighted by molar-refractivity contribution is -0.141. The molecule has 2 aliphatic carbocycles. The molecule has 2 aliphatic rings. The minimum Gasteiger partial charge on any atom is -0.480 e. The summed E-state index contributed by atoms with van der Waals surface area (Å²) in [6.45, 7) is 2.96. The molecule has 1 unspecified atom stereocenters. The van der Waals surface area contributed by atoms with Crippen molar-refractivity contribution in [2.75, 3.05) is 0 Å². The van der Waals surface area contributed by atoms with Gasteiger partial charge in [-0.2, -0.15) is 0 Å². The largest absolute Gasteiger partial charge is 0.480 e. The molecule has 2 saturated carbocycles. The number of hydrogen-bond acceptors (Lipinski definition) is 3. The van der Waals surface area contributed by atoms with Gasteiger partial charge in [-0.05, 0) is 50.9 Å². The third-order valence-corrected chi connectivity index (χ3v) is 5.14. The average molecular weight is 296 g/mol. The second-order valence-corrected chi connectivity index (χ2v) is 6.51. The van der Waals surface area contributed by atoms with Crippen molar-refractivity contribution in [3.05, 3.63) is 0 Å². The van der Waals surface area contributed by atoms with Crippen molar-refractivity contribution in [2.45, 2.75) is 64.5 Å². The summed E-state index contributed by atoms with van der Waals surface area (Å²) in [7, 11) is 0. The Labute approximate surface area is 124 Å². The van der Waals surface area contributed by atoms with E-state index >= 15 is 0 Å². The number of hydrogen-bond donors (Lipinski definition) is 3. The summed E-state index contributed by atoms with van der Waals surface area (Å²) < 4.78 is 0. The van der Waals surface area contributed by atoms with Crippen LogP contribution in [0.3, 0.4) is 0 Å². The molecule has 0 aromatic heterocycles. The third kappa shape index (κ3) is 3.36. The number of aliphatic carboxylic acids is 1. The fraction of sp³-hybridized carbons (Fsp3) is 0.800. The maximum atomic E-state index is 12.0. The Hall–Kier alpha value is -1.59. The first-order valence-electron chi connectivity index (χ1n) is 7.66. The van der Waals surface area contributed by atoms with E-state index in [0.29, 0.717) is 17.8 Å². The lowest BCUT2D eigenvalue weighted by Gasteiger charge is -2.56. The van der Waals surface area contributed by atoms with E-state index in [2.05, 4.69) is 10.6 Å². The van der Waals surface area contributed by atoms with Crippen molar-refractivity contribution in [2.24, 2.45) is 11.3 Å². The van der Waals surface area contributed by atoms with E-state index in [4.69, 9.17) is 5.11 Å². The minimum absolute atomic E-state index is 0.114. The molecular weight excluding hydrogens is 272 g/mol. The highest BCUT2D eigenvalue weighted by molar-refractivity contribution is 5.90. The predicted molar refractivity (Wildman–Crippen MR) is 76.5 cm³/mol. The molecule has 118 valence electrons. The molecule has 0 heterocycles. The Morgan fingerprint density at radius 1 is 1.14 bits per heavy atom. The normalized spacial score (nSPS) is 25.1. The van der Waals surface area contributed by atoms with Crippen LogP contribution in [0.1, 0.15) is 52.4 Å². The number of carboxylic acid groups (broad SMARTS) is 1. The number of carbonyl (C=O) groups excluding carboxylic acids is 2. The molecule has 2 rings (SSSR count). The maximum absolute atomic E-state index is 12.0. The van der Waals surface area contributed by atoms with Crippen LogP contribution in [0.15, 0.2) is 0 Å². The van der Waals surface area contributed by atoms with Crippen molar-refractivity contribution >= 4 is 17.8 Å². The first-order chi connectivity index (χ1) is 9.84. The summed E-state index contributed by atoms with van der Waals surface area (Å²) in [5, 5.41) is 13.8. The zero-order chi connectivity index (χ0) is 15.6. The quantitative estimate of drug-likeness (QED) is 0.682. The van der Waals surface area contributed by atoms with Gasteiger partial charge in [0.1, 0.15) is 12.1 Å². The smallest absolute Gasteiger partial charge is 0.325 e. The Morgan fingerprint density at radius 3 is 2.24 bits per heavy atom. The van der Waals surface area contributed by atoms with Crippen molar-refractivity contribution in [1.82, 2.24) is 10.6 Å². The highest BCUT2D eigenvalue weighted by Gasteiger charge is 2.50. The first-order valence-corrected chi connectivity index (χ1v) is 7.66. The van der Waals surface area contributed by atoms with Gasteiger partial charge in [0.05, 0.1) is 0 Å². The van der Waals surface area contributed by atoms with Crippen LogP contribution in [0, 0.1) is 11.3 Å². The van der Waals surface area contributed by atoms with Crippen LogP contribution >= 0.6 is 0 Å². The molecule has 2 amide bonds. The molecule has 6 nitrogen and oxygen atoms in total. The van der Waals surface area contributed by atoms with Gasteiger partial charge >= 0.3 is 5.97 Å². The second-order valence-electron chi connectivity index (χ2n) is 6.51. The number of rotatable bonds is 6. The molecule has 3 atom stereocenters. The second kappa shape index (κ2) is 6.03. The summed E-state index contributed by atoms with van der Waals surface area (Å²) >= 11 is 0. The van der Waals surface area contributed by atoms with Gasteiger partial charge in [-0.3, -0.25) is 14.4 Å². The summed E-state index contributed by atoms with van der Waals surface area (Å²) in [5.74, 6) is -1.22. The molecule has 0 bridgehead atoms. The molecular formula is C15H24N2O4. The Morgan fingerprint density at radius 2 is 1.81 bits per heavy atom. The molecule has 0 saturated heterocycles. The van der Waals surface area contributed by atoms with Gasteiger partial charge in [0.2, 0.25) is 11.8 Å². The van der Waals surface area contributed by atoms with Gasteiger partial charge in [0.15, 0.2) is 0 Å². The van der Waals surface area contributed by atoms with E-state index in [1.807, 2.05) is 0 Å². The van der Waals surface area contributed by atoms with Crippen molar-refractivity contribution in [1.29, 1.82) is 0 Å². The highest BCUT2D eigenvalue weighted by atomic mass is 16.4. The third-order valence-electron chi connectivity index (χ3n) is 5.14. The molecule has 0 aliphatic heterocycles. The van der Waals surface area contributed by atoms with Gasteiger partial charge in [0, 0.05) is 6.42 Å². The summed E-state index contributed by atoms with van der Waals surface area (Å²) in [6, 6.07) is -1.67. The van der Waals surface area contributed by atoms with Crippen LogP contribution in [0.5, 0.6) is 0 Å². The predicted octanol–water partition coefficient (Wildman–Crippen LogP) is 1.05. The van der Waals surface area contributed by atoms with E-state index in [9.17, 15) is 14.4 Å². The SMILES string of the molecule is C[C@H](NC(=O)[C@H](C)NC(=O)CC1CCC12CCC2)C(=O)O. The summed E-state index contributed by atoms with van der Waals surface area (Å²) in [6.07, 6.45) is 6.55. The van der Waals surface area contributed by atoms with Gasteiger partial charge in [0.25, 0.3) is 0 Å². The van der Waals surface area contributed by atoms with E-state index in [-0.39, 0.29) is 5.91 Å². The van der Waals surface area contributed by atoms with Crippen LogP contribution in [-0.2, 0) is 14.4 Å². The summed E-state index contributed by atoms with van der Waals surface area (Å²) in [5.41, 5.74) is 0.417. The lowest BCUT2D eigenvalue weighted by Crippen LogP contribution is -2.51. The molecule has 1 spiro atoms. The topological polar surface area (TPSA) is 95.5 Å². The van der Waals surface area contributed by atoms with Gasteiger partial charge < -0.3 is 15.7 Å². The fourth-order valence-corrected chi connectivity index (χ4v) is 3.35. The van der Waals surface area contributed by atoms with Crippen molar-refractivity contribution in [3.63, 3.8) is 0 Å². The average Bonchev–Trinajstić information content (AvgIpc) is 2.32. The fourth-order valence-electron chi connectivity index (χ4n) is 3.35. The monoisotopic (exact) mass is 296 g/mol. The van der Waals surface area contributed by atoms with E-state index < -0.39 is 24.0 Å². The van der Waals surface area contributed by atoms with Gasteiger partial charge in [-0.1, -0.05) is 6.42 Å². The van der Waals surface area contributed by atoms with Crippen molar-refractivity contribution < 1.29 is 19.5 Å². The van der Waals surface area contributed by atoms with Crippen molar-refractivity contribution in [3.8, 4) is 0 Å². The Kier molecular flexibility index (Phi) is 4.54. The lowest BCUT2D eigenvalue weighted by atomic mass is 9.49. The van der Waals surface area contributed by atoms with Crippen LogP contribution in [0.4, 0.5) is 0 Å². The molecule has 21 heavy (non-hydrogen) atoms. The van der Waals surface area contributed by atoms with E-state index in [0.717, 1.165) is 6.42 Å². The Balaban J connectivity index is 1.74. The minimum atomic E-state index is -1.09. The zero-order valence-corrected chi connectivity index (χ0v) is 12.6. The Bertz CT molecular complexity index is 439. The molecule has 3 N–H and O–H groups in total. The number of nitrogens with one attached hydrogen (secondary N) is 2. The van der Waals surface area contributed by atoms with Crippen LogP contribution < -0.4 is 10.6 Å². The van der Waals surface area contributed by atoms with Gasteiger partial charge in [-0.15, -0.1) is 0 Å². The van der Waals surface area contributed by atoms with E-state index in [1.54, 1.807) is 6.92 Å². The molecule has 0 aromatic rings. The number of amides is 2. The number of carbonyl (C=O) groups is 3. The molecule has 0 radical (unpaired) electrons. The molecule has 6 heteroatoms. The first kappa shape index (κ1) is 15.8. The van der Waals surface area contributed by atoms with Crippen LogP contribution in [0.25, 0.3) is 0 Å². The zero-order valence-electron chi connectivity index (χ0n) is 12.6. The number of carboxylic acids is 1. The standard InChI is InChI=1S/C15H24N2O4/c1-9(13(19)17-10(2)14(20)21)16-12(18)8-11-4-7-15(11)5-3-6-15/h9-11H,3-8H2,1-2H3,(H,16,18)(H,17,19)(H,20,21)/t9-,10-,11?/m0/s1. The molecule has 0 aromatic carbocycles. The van der Waals surface area contributed by atoms with Crippen LogP contribution in [0.2, 0.25) is 0 Å². The van der Waals surface area contributed by atoms with Crippen LogP contribution in [-0.4, -0.2) is 35.0 Å². The summed E-state index contributed by atoms with van der Waals surface area (Å²) in [4.78, 5) is 34.4. The van der Waals surface area contributed by atoms with Gasteiger partial charge in [-0.25, -0.2) is 0 Å². The maximum Gasteiger partial charge on any atom is 0.325 e. The highest BCUT2D eigenvalue weighted by Crippen LogP contribution is 2.60.